The lowest BCUT2D eigenvalue weighted by molar-refractivity contribution is -0.122. The molecule has 0 spiro atoms. The first-order chi connectivity index (χ1) is 14.1. The monoisotopic (exact) mass is 389 g/mol. The third-order valence-electron chi connectivity index (χ3n) is 6.14. The Labute approximate surface area is 169 Å². The first-order valence-electron chi connectivity index (χ1n) is 9.92. The van der Waals surface area contributed by atoms with Gasteiger partial charge >= 0.3 is 0 Å². The highest BCUT2D eigenvalue weighted by molar-refractivity contribution is 5.82. The van der Waals surface area contributed by atoms with Gasteiger partial charge < -0.3 is 15.8 Å². The molecule has 2 bridgehead atoms. The van der Waals surface area contributed by atoms with Crippen molar-refractivity contribution in [1.29, 1.82) is 0 Å². The number of para-hydroxylation sites is 1. The average molecular weight is 389 g/mol. The Hall–Kier alpha value is -3.22. The van der Waals surface area contributed by atoms with E-state index in [1.165, 1.54) is 0 Å². The molecule has 3 aliphatic rings. The van der Waals surface area contributed by atoms with E-state index in [1.54, 1.807) is 7.11 Å². The summed E-state index contributed by atoms with van der Waals surface area (Å²) in [5.74, 6) is 2.21. The standard InChI is InChI=1S/C22H23N5O2/c1-29-16-5-3-2-4-12(16)11-17-25-15-8-9-24-20(15)22(26-17)27-19-14-7-6-13(10-14)18(19)21(23)28/h2-7,9,13-14,18-19H,8,10-11H2,1H3,(H2,23,28)(H,25,26,27). The number of amides is 1. The third-order valence-corrected chi connectivity index (χ3v) is 6.14. The van der Waals surface area contributed by atoms with Crippen LogP contribution in [0.3, 0.4) is 0 Å². The highest BCUT2D eigenvalue weighted by Crippen LogP contribution is 2.45. The summed E-state index contributed by atoms with van der Waals surface area (Å²) in [6.07, 6.45) is 8.35. The highest BCUT2D eigenvalue weighted by Gasteiger charge is 2.47. The molecule has 5 rings (SSSR count). The second kappa shape index (κ2) is 6.99. The largest absolute Gasteiger partial charge is 0.496 e. The van der Waals surface area contributed by atoms with Gasteiger partial charge in [0.2, 0.25) is 5.91 Å². The zero-order valence-corrected chi connectivity index (χ0v) is 16.2. The van der Waals surface area contributed by atoms with Crippen LogP contribution < -0.4 is 15.8 Å². The van der Waals surface area contributed by atoms with Crippen LogP contribution in [-0.2, 0) is 17.6 Å². The molecule has 7 nitrogen and oxygen atoms in total. The van der Waals surface area contributed by atoms with Gasteiger partial charge in [0.15, 0.2) is 5.82 Å². The quantitative estimate of drug-likeness (QED) is 0.739. The molecule has 3 N–H and O–H groups in total. The van der Waals surface area contributed by atoms with Crippen LogP contribution >= 0.6 is 0 Å². The molecule has 1 amide bonds. The fourth-order valence-corrected chi connectivity index (χ4v) is 4.82. The third kappa shape index (κ3) is 3.06. The molecule has 0 radical (unpaired) electrons. The number of nitrogens with one attached hydrogen (secondary N) is 1. The number of nitrogens with two attached hydrogens (primary N) is 1. The lowest BCUT2D eigenvalue weighted by atomic mass is 9.88. The number of ether oxygens (including phenoxy) is 1. The molecule has 1 fully saturated rings. The second-order valence-electron chi connectivity index (χ2n) is 7.83. The van der Waals surface area contributed by atoms with Crippen LogP contribution in [0.1, 0.15) is 23.5 Å². The van der Waals surface area contributed by atoms with E-state index in [1.807, 2.05) is 30.5 Å². The molecular weight excluding hydrogens is 366 g/mol. The Morgan fingerprint density at radius 1 is 1.24 bits per heavy atom. The van der Waals surface area contributed by atoms with E-state index < -0.39 is 0 Å². The van der Waals surface area contributed by atoms with Gasteiger partial charge in [-0.05, 0) is 24.3 Å². The minimum Gasteiger partial charge on any atom is -0.496 e. The van der Waals surface area contributed by atoms with E-state index in [9.17, 15) is 4.79 Å². The van der Waals surface area contributed by atoms with Crippen LogP contribution in [0.2, 0.25) is 0 Å². The number of rotatable bonds is 6. The van der Waals surface area contributed by atoms with Crippen LogP contribution in [-0.4, -0.2) is 35.2 Å². The molecule has 1 aromatic carbocycles. The Morgan fingerprint density at radius 2 is 2.07 bits per heavy atom. The van der Waals surface area contributed by atoms with E-state index in [4.69, 9.17) is 20.4 Å². The summed E-state index contributed by atoms with van der Waals surface area (Å²) in [4.78, 5) is 26.1. The number of allylic oxidation sites excluding steroid dienone is 1. The number of benzene rings is 1. The first kappa shape index (κ1) is 17.8. The van der Waals surface area contributed by atoms with Crippen molar-refractivity contribution >= 4 is 23.6 Å². The van der Waals surface area contributed by atoms with Crippen molar-refractivity contribution < 1.29 is 9.53 Å². The molecule has 29 heavy (non-hydrogen) atoms. The number of primary amides is 1. The predicted octanol–water partition coefficient (Wildman–Crippen LogP) is 2.42. The molecule has 4 unspecified atom stereocenters. The van der Waals surface area contributed by atoms with Gasteiger partial charge in [0.25, 0.3) is 0 Å². The molecule has 2 heterocycles. The van der Waals surface area contributed by atoms with E-state index >= 15 is 0 Å². The van der Waals surface area contributed by atoms with Crippen molar-refractivity contribution in [3.8, 4) is 5.75 Å². The number of carbonyl (C=O) groups is 1. The number of carbonyl (C=O) groups excluding carboxylic acids is 1. The Bertz CT molecular complexity index is 1030. The fourth-order valence-electron chi connectivity index (χ4n) is 4.82. The molecule has 2 aromatic rings. The maximum absolute atomic E-state index is 12.1. The van der Waals surface area contributed by atoms with Crippen molar-refractivity contribution in [2.24, 2.45) is 28.5 Å². The van der Waals surface area contributed by atoms with Crippen molar-refractivity contribution in [3.63, 3.8) is 0 Å². The first-order valence-corrected chi connectivity index (χ1v) is 9.92. The SMILES string of the molecule is COc1ccccc1Cc1nc2c(c(NC3C4C=CC(C4)C3C(N)=O)n1)N=CC2. The van der Waals surface area contributed by atoms with Gasteiger partial charge in [-0.15, -0.1) is 0 Å². The lowest BCUT2D eigenvalue weighted by Crippen LogP contribution is -2.41. The van der Waals surface area contributed by atoms with Crippen molar-refractivity contribution in [2.75, 3.05) is 12.4 Å². The zero-order chi connectivity index (χ0) is 20.0. The predicted molar refractivity (Wildman–Crippen MR) is 111 cm³/mol. The normalized spacial score (nSPS) is 26.0. The maximum Gasteiger partial charge on any atom is 0.223 e. The number of methoxy groups -OCH3 is 1. The molecule has 0 saturated heterocycles. The Balaban J connectivity index is 1.48. The van der Waals surface area contributed by atoms with Crippen LogP contribution in [0.5, 0.6) is 5.75 Å². The van der Waals surface area contributed by atoms with Crippen LogP contribution in [0.15, 0.2) is 41.4 Å². The van der Waals surface area contributed by atoms with Crippen LogP contribution in [0.4, 0.5) is 11.5 Å². The smallest absolute Gasteiger partial charge is 0.223 e. The maximum atomic E-state index is 12.1. The highest BCUT2D eigenvalue weighted by atomic mass is 16.5. The van der Waals surface area contributed by atoms with E-state index in [-0.39, 0.29) is 29.7 Å². The molecule has 1 aromatic heterocycles. The summed E-state index contributed by atoms with van der Waals surface area (Å²) in [5.41, 5.74) is 8.41. The van der Waals surface area contributed by atoms with Gasteiger partial charge in [-0.25, -0.2) is 9.97 Å². The summed E-state index contributed by atoms with van der Waals surface area (Å²) >= 11 is 0. The number of nitrogens with zero attached hydrogens (tertiary/aromatic N) is 3. The summed E-state index contributed by atoms with van der Waals surface area (Å²) in [6, 6.07) is 7.81. The summed E-state index contributed by atoms with van der Waals surface area (Å²) in [5, 5.41) is 3.51. The minimum absolute atomic E-state index is 0.0589. The number of anilines is 1. The summed E-state index contributed by atoms with van der Waals surface area (Å²) < 4.78 is 5.47. The average Bonchev–Trinajstić information content (AvgIpc) is 3.44. The number of aliphatic imine (C=N–C) groups is 1. The van der Waals surface area contributed by atoms with E-state index in [0.29, 0.717) is 24.5 Å². The van der Waals surface area contributed by atoms with Gasteiger partial charge in [-0.1, -0.05) is 30.4 Å². The van der Waals surface area contributed by atoms with Crippen molar-refractivity contribution in [3.05, 3.63) is 53.5 Å². The molecule has 1 saturated carbocycles. The van der Waals surface area contributed by atoms with Gasteiger partial charge in [0, 0.05) is 30.7 Å². The van der Waals surface area contributed by atoms with Gasteiger partial charge in [0.05, 0.1) is 18.7 Å². The second-order valence-corrected chi connectivity index (χ2v) is 7.83. The van der Waals surface area contributed by atoms with Gasteiger partial charge in [-0.2, -0.15) is 0 Å². The number of aromatic nitrogens is 2. The Kier molecular flexibility index (Phi) is 4.30. The number of fused-ring (bicyclic) bond motifs is 3. The summed E-state index contributed by atoms with van der Waals surface area (Å²) in [6.45, 7) is 0. The van der Waals surface area contributed by atoms with Crippen LogP contribution in [0.25, 0.3) is 0 Å². The minimum atomic E-state index is -0.261. The number of hydrogen-bond acceptors (Lipinski definition) is 6. The zero-order valence-electron chi connectivity index (χ0n) is 16.2. The van der Waals surface area contributed by atoms with Crippen molar-refractivity contribution in [1.82, 2.24) is 9.97 Å². The molecule has 4 atom stereocenters. The molecule has 2 aliphatic carbocycles. The van der Waals surface area contributed by atoms with Gasteiger partial charge in [0.1, 0.15) is 17.3 Å². The van der Waals surface area contributed by atoms with Gasteiger partial charge in [-0.3, -0.25) is 9.79 Å². The fraction of sp³-hybridized carbons (Fsp3) is 0.364. The molecule has 148 valence electrons. The van der Waals surface area contributed by atoms with Crippen LogP contribution in [0, 0.1) is 17.8 Å². The Morgan fingerprint density at radius 3 is 2.90 bits per heavy atom. The topological polar surface area (TPSA) is 102 Å². The molecule has 1 aliphatic heterocycles. The van der Waals surface area contributed by atoms with E-state index in [2.05, 4.69) is 22.5 Å². The lowest BCUT2D eigenvalue weighted by Gasteiger charge is -2.27. The summed E-state index contributed by atoms with van der Waals surface area (Å²) in [7, 11) is 1.66. The van der Waals surface area contributed by atoms with E-state index in [0.717, 1.165) is 29.1 Å². The molecular formula is C22H23N5O2. The number of hydrogen-bond donors (Lipinski definition) is 2. The van der Waals surface area contributed by atoms with Crippen molar-refractivity contribution in [2.45, 2.75) is 25.3 Å². The molecule has 7 heteroatoms.